The first-order chi connectivity index (χ1) is 9.64. The standard InChI is InChI=1S/C16H25N3O/c1-3-12-6-5-7-13(4-2)15(12)18-11-16(8-9-16)10-14(17)19-20/h5-7,18,20H,3-4,8-11H2,1-2H3,(H2,17,19). The molecule has 1 saturated carbocycles. The predicted octanol–water partition coefficient (Wildman–Crippen LogP) is 3.14. The van der Waals surface area contributed by atoms with Crippen molar-refractivity contribution in [2.75, 3.05) is 11.9 Å². The van der Waals surface area contributed by atoms with Gasteiger partial charge in [-0.3, -0.25) is 0 Å². The normalized spacial score (nSPS) is 17.0. The fourth-order valence-corrected chi connectivity index (χ4v) is 2.76. The van der Waals surface area contributed by atoms with E-state index >= 15 is 0 Å². The third kappa shape index (κ3) is 3.24. The number of amidine groups is 1. The van der Waals surface area contributed by atoms with Crippen molar-refractivity contribution in [3.05, 3.63) is 29.3 Å². The second-order valence-corrected chi connectivity index (χ2v) is 5.78. The van der Waals surface area contributed by atoms with Crippen LogP contribution in [0.2, 0.25) is 0 Å². The topological polar surface area (TPSA) is 70.6 Å². The second-order valence-electron chi connectivity index (χ2n) is 5.78. The average Bonchev–Trinajstić information content (AvgIpc) is 3.24. The molecular weight excluding hydrogens is 250 g/mol. The largest absolute Gasteiger partial charge is 0.409 e. The molecular formula is C16H25N3O. The lowest BCUT2D eigenvalue weighted by atomic mass is 9.99. The summed E-state index contributed by atoms with van der Waals surface area (Å²) in [5.74, 6) is 0.337. The quantitative estimate of drug-likeness (QED) is 0.310. The van der Waals surface area contributed by atoms with Crippen molar-refractivity contribution in [1.82, 2.24) is 0 Å². The molecule has 0 bridgehead atoms. The van der Waals surface area contributed by atoms with Crippen molar-refractivity contribution in [2.24, 2.45) is 16.3 Å². The SMILES string of the molecule is CCc1cccc(CC)c1NCC1(CC(N)=NO)CC1. The van der Waals surface area contributed by atoms with E-state index in [9.17, 15) is 0 Å². The van der Waals surface area contributed by atoms with Gasteiger partial charge in [-0.15, -0.1) is 0 Å². The Kier molecular flexibility index (Phi) is 4.53. The zero-order valence-corrected chi connectivity index (χ0v) is 12.4. The fourth-order valence-electron chi connectivity index (χ4n) is 2.76. The molecule has 1 aromatic rings. The molecule has 0 unspecified atom stereocenters. The highest BCUT2D eigenvalue weighted by atomic mass is 16.4. The first-order valence-corrected chi connectivity index (χ1v) is 7.45. The number of nitrogens with two attached hydrogens (primary N) is 1. The Morgan fingerprint density at radius 1 is 1.30 bits per heavy atom. The molecule has 1 aromatic carbocycles. The Morgan fingerprint density at radius 2 is 1.90 bits per heavy atom. The molecule has 1 aliphatic rings. The van der Waals surface area contributed by atoms with E-state index in [1.54, 1.807) is 0 Å². The molecule has 0 aromatic heterocycles. The van der Waals surface area contributed by atoms with E-state index in [1.807, 2.05) is 0 Å². The number of anilines is 1. The van der Waals surface area contributed by atoms with Gasteiger partial charge in [0.15, 0.2) is 0 Å². The lowest BCUT2D eigenvalue weighted by Crippen LogP contribution is -2.24. The summed E-state index contributed by atoms with van der Waals surface area (Å²) >= 11 is 0. The van der Waals surface area contributed by atoms with E-state index in [-0.39, 0.29) is 5.41 Å². The van der Waals surface area contributed by atoms with Crippen molar-refractivity contribution in [3.63, 3.8) is 0 Å². The Hall–Kier alpha value is -1.71. The number of benzene rings is 1. The number of nitrogens with one attached hydrogen (secondary N) is 1. The van der Waals surface area contributed by atoms with Crippen LogP contribution in [0, 0.1) is 5.41 Å². The van der Waals surface area contributed by atoms with E-state index in [1.165, 1.54) is 16.8 Å². The molecule has 4 N–H and O–H groups in total. The Labute approximate surface area is 121 Å². The molecule has 1 aliphatic carbocycles. The van der Waals surface area contributed by atoms with Crippen molar-refractivity contribution < 1.29 is 5.21 Å². The van der Waals surface area contributed by atoms with Gasteiger partial charge >= 0.3 is 0 Å². The number of nitrogens with zero attached hydrogens (tertiary/aromatic N) is 1. The molecule has 1 fully saturated rings. The summed E-state index contributed by atoms with van der Waals surface area (Å²) in [6.07, 6.45) is 5.02. The Balaban J connectivity index is 2.07. The van der Waals surface area contributed by atoms with Crippen LogP contribution in [0.4, 0.5) is 5.69 Å². The molecule has 4 nitrogen and oxygen atoms in total. The lowest BCUT2D eigenvalue weighted by Gasteiger charge is -2.20. The third-order valence-corrected chi connectivity index (χ3v) is 4.28. The van der Waals surface area contributed by atoms with Gasteiger partial charge in [-0.25, -0.2) is 0 Å². The summed E-state index contributed by atoms with van der Waals surface area (Å²) in [6.45, 7) is 5.26. The highest BCUT2D eigenvalue weighted by Crippen LogP contribution is 2.49. The van der Waals surface area contributed by atoms with E-state index < -0.39 is 0 Å². The van der Waals surface area contributed by atoms with Gasteiger partial charge in [-0.05, 0) is 42.2 Å². The van der Waals surface area contributed by atoms with Crippen LogP contribution in [0.25, 0.3) is 0 Å². The summed E-state index contributed by atoms with van der Waals surface area (Å²) < 4.78 is 0. The van der Waals surface area contributed by atoms with Crippen molar-refractivity contribution in [2.45, 2.75) is 46.0 Å². The van der Waals surface area contributed by atoms with Crippen LogP contribution in [0.5, 0.6) is 0 Å². The smallest absolute Gasteiger partial charge is 0.139 e. The molecule has 0 aliphatic heterocycles. The number of hydrogen-bond donors (Lipinski definition) is 3. The minimum Gasteiger partial charge on any atom is -0.409 e. The van der Waals surface area contributed by atoms with Crippen molar-refractivity contribution >= 4 is 11.5 Å². The maximum absolute atomic E-state index is 8.72. The van der Waals surface area contributed by atoms with E-state index in [2.05, 4.69) is 42.5 Å². The molecule has 0 spiro atoms. The van der Waals surface area contributed by atoms with Gasteiger partial charge in [0, 0.05) is 18.7 Å². The van der Waals surface area contributed by atoms with E-state index in [0.717, 1.165) is 32.2 Å². The molecule has 20 heavy (non-hydrogen) atoms. The van der Waals surface area contributed by atoms with Crippen molar-refractivity contribution in [1.29, 1.82) is 0 Å². The van der Waals surface area contributed by atoms with Crippen LogP contribution >= 0.6 is 0 Å². The summed E-state index contributed by atoms with van der Waals surface area (Å²) in [4.78, 5) is 0. The molecule has 2 rings (SSSR count). The van der Waals surface area contributed by atoms with Crippen LogP contribution in [0.3, 0.4) is 0 Å². The van der Waals surface area contributed by atoms with Crippen LogP contribution in [-0.4, -0.2) is 17.6 Å². The van der Waals surface area contributed by atoms with Gasteiger partial charge in [0.2, 0.25) is 0 Å². The maximum Gasteiger partial charge on any atom is 0.139 e. The van der Waals surface area contributed by atoms with Gasteiger partial charge in [-0.1, -0.05) is 37.2 Å². The van der Waals surface area contributed by atoms with Gasteiger partial charge < -0.3 is 16.3 Å². The number of oxime groups is 1. The zero-order valence-electron chi connectivity index (χ0n) is 12.4. The lowest BCUT2D eigenvalue weighted by molar-refractivity contribution is 0.315. The Bertz CT molecular complexity index is 470. The second kappa shape index (κ2) is 6.16. The van der Waals surface area contributed by atoms with Gasteiger partial charge in [-0.2, -0.15) is 0 Å². The first kappa shape index (κ1) is 14.7. The van der Waals surface area contributed by atoms with Gasteiger partial charge in [0.25, 0.3) is 0 Å². The molecule has 110 valence electrons. The summed E-state index contributed by atoms with van der Waals surface area (Å²) in [7, 11) is 0. The van der Waals surface area contributed by atoms with E-state index in [0.29, 0.717) is 12.3 Å². The zero-order chi connectivity index (χ0) is 14.6. The average molecular weight is 275 g/mol. The predicted molar refractivity (Wildman–Crippen MR) is 83.4 cm³/mol. The highest BCUT2D eigenvalue weighted by molar-refractivity contribution is 5.80. The summed E-state index contributed by atoms with van der Waals surface area (Å²) in [5.41, 5.74) is 9.85. The van der Waals surface area contributed by atoms with Gasteiger partial charge in [0.05, 0.1) is 0 Å². The van der Waals surface area contributed by atoms with Gasteiger partial charge in [0.1, 0.15) is 5.84 Å². The molecule has 0 amide bonds. The molecule has 0 saturated heterocycles. The minimum absolute atomic E-state index is 0.183. The fraction of sp³-hybridized carbons (Fsp3) is 0.562. The summed E-state index contributed by atoms with van der Waals surface area (Å²) in [5, 5.41) is 15.4. The van der Waals surface area contributed by atoms with Crippen LogP contribution in [0.1, 0.15) is 44.2 Å². The van der Waals surface area contributed by atoms with E-state index in [4.69, 9.17) is 10.9 Å². The number of aryl methyl sites for hydroxylation is 2. The Morgan fingerprint density at radius 3 is 2.35 bits per heavy atom. The minimum atomic E-state index is 0.183. The molecule has 0 heterocycles. The van der Waals surface area contributed by atoms with Crippen LogP contribution < -0.4 is 11.1 Å². The third-order valence-electron chi connectivity index (χ3n) is 4.28. The van der Waals surface area contributed by atoms with Crippen molar-refractivity contribution in [3.8, 4) is 0 Å². The molecule has 0 radical (unpaired) electrons. The maximum atomic E-state index is 8.72. The summed E-state index contributed by atoms with van der Waals surface area (Å²) in [6, 6.07) is 6.50. The van der Waals surface area contributed by atoms with Crippen LogP contribution in [0.15, 0.2) is 23.4 Å². The van der Waals surface area contributed by atoms with Crippen LogP contribution in [-0.2, 0) is 12.8 Å². The first-order valence-electron chi connectivity index (χ1n) is 7.45. The highest BCUT2D eigenvalue weighted by Gasteiger charge is 2.43. The monoisotopic (exact) mass is 275 g/mol. The molecule has 4 heteroatoms. The number of rotatable bonds is 7. The molecule has 0 atom stereocenters. The number of hydrogen-bond acceptors (Lipinski definition) is 3. The number of para-hydroxylation sites is 1.